The Hall–Kier alpha value is -1.42. The highest BCUT2D eigenvalue weighted by molar-refractivity contribution is 7.80. The number of hydrogen-bond acceptors (Lipinski definition) is 2. The van der Waals surface area contributed by atoms with Crippen molar-refractivity contribution in [3.63, 3.8) is 0 Å². The van der Waals surface area contributed by atoms with Crippen molar-refractivity contribution >= 4 is 23.1 Å². The van der Waals surface area contributed by atoms with E-state index in [9.17, 15) is 4.79 Å². The predicted molar refractivity (Wildman–Crippen MR) is 87.5 cm³/mol. The fourth-order valence-electron chi connectivity index (χ4n) is 2.09. The zero-order chi connectivity index (χ0) is 15.0. The van der Waals surface area contributed by atoms with Crippen molar-refractivity contribution in [1.82, 2.24) is 5.32 Å². The summed E-state index contributed by atoms with van der Waals surface area (Å²) in [6.45, 7) is 4.77. The molecule has 4 heteroatoms. The lowest BCUT2D eigenvalue weighted by atomic mass is 9.98. The van der Waals surface area contributed by atoms with Gasteiger partial charge in [0.15, 0.2) is 0 Å². The minimum Gasteiger partial charge on any atom is -0.389 e. The molecule has 1 amide bonds. The number of nitrogens with two attached hydrogens (primary N) is 1. The summed E-state index contributed by atoms with van der Waals surface area (Å²) in [5.41, 5.74) is 7.46. The van der Waals surface area contributed by atoms with E-state index < -0.39 is 0 Å². The van der Waals surface area contributed by atoms with Gasteiger partial charge < -0.3 is 11.1 Å². The fourth-order valence-corrected chi connectivity index (χ4v) is 2.23. The Kier molecular flexibility index (Phi) is 7.23. The third kappa shape index (κ3) is 5.29. The number of rotatable bonds is 8. The minimum atomic E-state index is 0.130. The zero-order valence-electron chi connectivity index (χ0n) is 12.3. The maximum atomic E-state index is 12.1. The molecular weight excluding hydrogens is 268 g/mol. The smallest absolute Gasteiger partial charge is 0.223 e. The first-order valence-corrected chi connectivity index (χ1v) is 7.65. The molecule has 0 heterocycles. The molecule has 0 saturated heterocycles. The maximum absolute atomic E-state index is 12.1. The Labute approximate surface area is 126 Å². The van der Waals surface area contributed by atoms with Gasteiger partial charge in [-0.3, -0.25) is 4.79 Å². The topological polar surface area (TPSA) is 55.1 Å². The van der Waals surface area contributed by atoms with Gasteiger partial charge in [-0.1, -0.05) is 63.2 Å². The van der Waals surface area contributed by atoms with Crippen molar-refractivity contribution in [1.29, 1.82) is 0 Å². The van der Waals surface area contributed by atoms with Gasteiger partial charge in [0.2, 0.25) is 5.91 Å². The largest absolute Gasteiger partial charge is 0.389 e. The van der Waals surface area contributed by atoms with E-state index in [-0.39, 0.29) is 11.8 Å². The summed E-state index contributed by atoms with van der Waals surface area (Å²) >= 11 is 4.91. The van der Waals surface area contributed by atoms with E-state index in [4.69, 9.17) is 18.0 Å². The molecule has 20 heavy (non-hydrogen) atoms. The molecule has 0 spiro atoms. The Morgan fingerprint density at radius 3 is 2.45 bits per heavy atom. The Morgan fingerprint density at radius 1 is 1.30 bits per heavy atom. The molecule has 0 fully saturated rings. The van der Waals surface area contributed by atoms with E-state index >= 15 is 0 Å². The van der Waals surface area contributed by atoms with Crippen LogP contribution in [0.25, 0.3) is 0 Å². The van der Waals surface area contributed by atoms with Gasteiger partial charge >= 0.3 is 0 Å². The van der Waals surface area contributed by atoms with Gasteiger partial charge in [0.1, 0.15) is 4.99 Å². The number of unbranched alkanes of at least 4 members (excludes halogenated alkanes) is 1. The van der Waals surface area contributed by atoms with Crippen LogP contribution < -0.4 is 11.1 Å². The zero-order valence-corrected chi connectivity index (χ0v) is 13.1. The first kappa shape index (κ1) is 16.6. The lowest BCUT2D eigenvalue weighted by Gasteiger charge is -2.14. The molecule has 0 bridgehead atoms. The van der Waals surface area contributed by atoms with E-state index in [1.54, 1.807) is 0 Å². The first-order chi connectivity index (χ1) is 9.58. The molecular formula is C16H24N2OS. The number of benzene rings is 1. The highest BCUT2D eigenvalue weighted by Crippen LogP contribution is 2.13. The predicted octanol–water partition coefficient (Wildman–Crippen LogP) is 3.15. The Balaban J connectivity index is 2.49. The third-order valence-electron chi connectivity index (χ3n) is 3.47. The summed E-state index contributed by atoms with van der Waals surface area (Å²) in [5, 5.41) is 3.00. The molecule has 0 aliphatic carbocycles. The summed E-state index contributed by atoms with van der Waals surface area (Å²) in [5.74, 6) is 0.283. The van der Waals surface area contributed by atoms with Crippen molar-refractivity contribution in [3.8, 4) is 0 Å². The molecule has 1 unspecified atom stereocenters. The molecule has 1 aromatic rings. The summed E-state index contributed by atoms with van der Waals surface area (Å²) in [4.78, 5) is 12.5. The van der Waals surface area contributed by atoms with Crippen LogP contribution in [-0.4, -0.2) is 10.9 Å². The standard InChI is InChI=1S/C16H24N2OS/c1-3-5-6-13(4-2)16(19)18-11-12-7-9-14(10-8-12)15(17)20/h7-10,13H,3-6,11H2,1-2H3,(H2,17,20)(H,18,19). The molecule has 0 aliphatic rings. The summed E-state index contributed by atoms with van der Waals surface area (Å²) in [7, 11) is 0. The number of thiocarbonyl (C=S) groups is 1. The molecule has 0 saturated carbocycles. The van der Waals surface area contributed by atoms with Gasteiger partial charge in [-0.15, -0.1) is 0 Å². The molecule has 0 aromatic heterocycles. The highest BCUT2D eigenvalue weighted by atomic mass is 32.1. The number of nitrogens with one attached hydrogen (secondary N) is 1. The van der Waals surface area contributed by atoms with Crippen LogP contribution in [0.15, 0.2) is 24.3 Å². The van der Waals surface area contributed by atoms with E-state index in [1.165, 1.54) is 0 Å². The average molecular weight is 292 g/mol. The normalized spacial score (nSPS) is 11.9. The van der Waals surface area contributed by atoms with Crippen molar-refractivity contribution in [2.45, 2.75) is 46.1 Å². The molecule has 3 nitrogen and oxygen atoms in total. The van der Waals surface area contributed by atoms with Gasteiger partial charge in [0.05, 0.1) is 0 Å². The van der Waals surface area contributed by atoms with Gasteiger partial charge in [-0.05, 0) is 18.4 Å². The SMILES string of the molecule is CCCCC(CC)C(=O)NCc1ccc(C(N)=S)cc1. The van der Waals surface area contributed by atoms with Crippen LogP contribution in [0.5, 0.6) is 0 Å². The quantitative estimate of drug-likeness (QED) is 0.724. The number of amides is 1. The van der Waals surface area contributed by atoms with E-state index in [1.807, 2.05) is 24.3 Å². The minimum absolute atomic E-state index is 0.130. The van der Waals surface area contributed by atoms with Crippen LogP contribution >= 0.6 is 12.2 Å². The van der Waals surface area contributed by atoms with Gasteiger partial charge in [-0.25, -0.2) is 0 Å². The summed E-state index contributed by atoms with van der Waals surface area (Å²) in [6, 6.07) is 7.67. The second kappa shape index (κ2) is 8.69. The summed E-state index contributed by atoms with van der Waals surface area (Å²) in [6.07, 6.45) is 4.10. The van der Waals surface area contributed by atoms with E-state index in [2.05, 4.69) is 19.2 Å². The molecule has 0 radical (unpaired) electrons. The summed E-state index contributed by atoms with van der Waals surface area (Å²) < 4.78 is 0. The van der Waals surface area contributed by atoms with Crippen LogP contribution in [0.3, 0.4) is 0 Å². The molecule has 1 atom stereocenters. The second-order valence-electron chi connectivity index (χ2n) is 5.03. The van der Waals surface area contributed by atoms with Gasteiger partial charge in [0.25, 0.3) is 0 Å². The van der Waals surface area contributed by atoms with Crippen molar-refractivity contribution < 1.29 is 4.79 Å². The molecule has 1 rings (SSSR count). The van der Waals surface area contributed by atoms with Crippen molar-refractivity contribution in [3.05, 3.63) is 35.4 Å². The third-order valence-corrected chi connectivity index (χ3v) is 3.71. The average Bonchev–Trinajstić information content (AvgIpc) is 2.46. The lowest BCUT2D eigenvalue weighted by molar-refractivity contribution is -0.125. The molecule has 1 aromatic carbocycles. The van der Waals surface area contributed by atoms with Gasteiger partial charge in [-0.2, -0.15) is 0 Å². The Bertz CT molecular complexity index is 442. The van der Waals surface area contributed by atoms with Crippen LogP contribution in [0, 0.1) is 5.92 Å². The fraction of sp³-hybridized carbons (Fsp3) is 0.500. The number of carbonyl (C=O) groups excluding carboxylic acids is 1. The van der Waals surface area contributed by atoms with Crippen LogP contribution in [-0.2, 0) is 11.3 Å². The van der Waals surface area contributed by atoms with Crippen LogP contribution in [0.2, 0.25) is 0 Å². The van der Waals surface area contributed by atoms with Crippen LogP contribution in [0.4, 0.5) is 0 Å². The molecule has 110 valence electrons. The molecule has 3 N–H and O–H groups in total. The second-order valence-corrected chi connectivity index (χ2v) is 5.47. The molecule has 0 aliphatic heterocycles. The van der Waals surface area contributed by atoms with Crippen molar-refractivity contribution in [2.24, 2.45) is 11.7 Å². The first-order valence-electron chi connectivity index (χ1n) is 7.24. The number of carbonyl (C=O) groups is 1. The number of hydrogen-bond donors (Lipinski definition) is 2. The van der Waals surface area contributed by atoms with E-state index in [0.717, 1.165) is 36.8 Å². The van der Waals surface area contributed by atoms with Gasteiger partial charge in [0, 0.05) is 18.0 Å². The Morgan fingerprint density at radius 2 is 1.95 bits per heavy atom. The van der Waals surface area contributed by atoms with Crippen LogP contribution in [0.1, 0.15) is 50.7 Å². The highest BCUT2D eigenvalue weighted by Gasteiger charge is 2.15. The monoisotopic (exact) mass is 292 g/mol. The van der Waals surface area contributed by atoms with Crippen molar-refractivity contribution in [2.75, 3.05) is 0 Å². The maximum Gasteiger partial charge on any atom is 0.223 e. The lowest BCUT2D eigenvalue weighted by Crippen LogP contribution is -2.30. The van der Waals surface area contributed by atoms with E-state index in [0.29, 0.717) is 11.5 Å².